The van der Waals surface area contributed by atoms with Crippen molar-refractivity contribution >= 4 is 27.8 Å². The van der Waals surface area contributed by atoms with Crippen molar-refractivity contribution in [3.8, 4) is 0 Å². The molecule has 0 aliphatic carbocycles. The highest BCUT2D eigenvalue weighted by molar-refractivity contribution is 7.88. The number of hydrogen-bond acceptors (Lipinski definition) is 6. The molecule has 10 heteroatoms. The smallest absolute Gasteiger partial charge is 0.232 e. The average molecular weight is 421 g/mol. The van der Waals surface area contributed by atoms with E-state index in [4.69, 9.17) is 0 Å². The van der Waals surface area contributed by atoms with Crippen LogP contribution in [0.2, 0.25) is 0 Å². The van der Waals surface area contributed by atoms with Crippen LogP contribution in [0.1, 0.15) is 11.3 Å². The van der Waals surface area contributed by atoms with Crippen LogP contribution in [0.25, 0.3) is 0 Å². The number of anilines is 2. The first-order valence-corrected chi connectivity index (χ1v) is 11.0. The van der Waals surface area contributed by atoms with Crippen LogP contribution in [0.4, 0.5) is 15.8 Å². The number of aryl methyl sites for hydroxylation is 1. The number of carbonyl (C=O) groups excluding carboxylic acids is 1. The second-order valence-corrected chi connectivity index (χ2v) is 8.94. The third kappa shape index (κ3) is 5.28. The highest BCUT2D eigenvalue weighted by Crippen LogP contribution is 2.22. The van der Waals surface area contributed by atoms with Crippen molar-refractivity contribution in [2.24, 2.45) is 0 Å². The lowest BCUT2D eigenvalue weighted by Gasteiger charge is -2.33. The molecule has 29 heavy (non-hydrogen) atoms. The van der Waals surface area contributed by atoms with Gasteiger partial charge in [-0.2, -0.15) is 4.31 Å². The van der Waals surface area contributed by atoms with Gasteiger partial charge in [0.05, 0.1) is 23.8 Å². The SMILES string of the molecule is Cc1ccc(N(C=O)Nc2cccc(CN3CCN(S(C)(=O)=O)CC3)c2F)cn1. The van der Waals surface area contributed by atoms with Gasteiger partial charge in [0, 0.05) is 44.0 Å². The minimum absolute atomic E-state index is 0.171. The molecule has 8 nitrogen and oxygen atoms in total. The van der Waals surface area contributed by atoms with Gasteiger partial charge in [-0.05, 0) is 25.1 Å². The molecule has 1 fully saturated rings. The molecule has 1 amide bonds. The van der Waals surface area contributed by atoms with E-state index < -0.39 is 15.8 Å². The van der Waals surface area contributed by atoms with E-state index >= 15 is 4.39 Å². The Morgan fingerprint density at radius 1 is 1.21 bits per heavy atom. The Bertz CT molecular complexity index is 960. The zero-order chi connectivity index (χ0) is 21.0. The molecule has 0 unspecified atom stereocenters. The largest absolute Gasteiger partial charge is 0.296 e. The minimum Gasteiger partial charge on any atom is -0.296 e. The van der Waals surface area contributed by atoms with Gasteiger partial charge in [-0.1, -0.05) is 12.1 Å². The molecule has 1 saturated heterocycles. The van der Waals surface area contributed by atoms with Crippen molar-refractivity contribution in [1.82, 2.24) is 14.2 Å². The third-order valence-corrected chi connectivity index (χ3v) is 6.10. The van der Waals surface area contributed by atoms with Crippen molar-refractivity contribution in [1.29, 1.82) is 0 Å². The molecule has 0 bridgehead atoms. The summed E-state index contributed by atoms with van der Waals surface area (Å²) in [5.41, 5.74) is 4.72. The number of pyridine rings is 1. The fraction of sp³-hybridized carbons (Fsp3) is 0.368. The molecule has 0 saturated carbocycles. The Kier molecular flexibility index (Phi) is 6.46. The molecular weight excluding hydrogens is 397 g/mol. The Morgan fingerprint density at radius 2 is 1.93 bits per heavy atom. The number of piperazine rings is 1. The monoisotopic (exact) mass is 421 g/mol. The minimum atomic E-state index is -3.20. The Morgan fingerprint density at radius 3 is 2.52 bits per heavy atom. The van der Waals surface area contributed by atoms with Crippen LogP contribution in [0.3, 0.4) is 0 Å². The van der Waals surface area contributed by atoms with Gasteiger partial charge in [-0.25, -0.2) is 17.8 Å². The highest BCUT2D eigenvalue weighted by Gasteiger charge is 2.24. The summed E-state index contributed by atoms with van der Waals surface area (Å²) in [4.78, 5) is 17.6. The van der Waals surface area contributed by atoms with Gasteiger partial charge in [-0.15, -0.1) is 0 Å². The summed E-state index contributed by atoms with van der Waals surface area (Å²) in [6, 6.07) is 8.42. The van der Waals surface area contributed by atoms with Gasteiger partial charge in [0.25, 0.3) is 0 Å². The van der Waals surface area contributed by atoms with Crippen molar-refractivity contribution < 1.29 is 17.6 Å². The van der Waals surface area contributed by atoms with E-state index in [0.717, 1.165) is 5.69 Å². The predicted molar refractivity (Wildman–Crippen MR) is 109 cm³/mol. The van der Waals surface area contributed by atoms with Crippen LogP contribution in [-0.4, -0.2) is 61.5 Å². The normalized spacial score (nSPS) is 15.8. The van der Waals surface area contributed by atoms with Crippen LogP contribution in [0.5, 0.6) is 0 Å². The van der Waals surface area contributed by atoms with Crippen molar-refractivity contribution in [2.45, 2.75) is 13.5 Å². The summed E-state index contributed by atoms with van der Waals surface area (Å²) in [7, 11) is -3.20. The van der Waals surface area contributed by atoms with E-state index in [1.165, 1.54) is 21.8 Å². The Balaban J connectivity index is 1.69. The fourth-order valence-electron chi connectivity index (χ4n) is 3.13. The standard InChI is InChI=1S/C19H24FN5O3S/c1-15-6-7-17(12-21-15)25(14-26)22-18-5-3-4-16(19(18)20)13-23-8-10-24(11-9-23)29(2,27)28/h3-7,12,14,22H,8-11,13H2,1-2H3. The van der Waals surface area contributed by atoms with Gasteiger partial charge in [0.2, 0.25) is 16.4 Å². The number of amides is 1. The van der Waals surface area contributed by atoms with Crippen LogP contribution < -0.4 is 10.4 Å². The first-order valence-electron chi connectivity index (χ1n) is 9.16. The number of benzene rings is 1. The van der Waals surface area contributed by atoms with Gasteiger partial charge < -0.3 is 0 Å². The molecule has 2 heterocycles. The van der Waals surface area contributed by atoms with Gasteiger partial charge >= 0.3 is 0 Å². The van der Waals surface area contributed by atoms with E-state index in [1.807, 2.05) is 11.8 Å². The lowest BCUT2D eigenvalue weighted by Crippen LogP contribution is -2.47. The number of hydrazine groups is 1. The zero-order valence-electron chi connectivity index (χ0n) is 16.4. The summed E-state index contributed by atoms with van der Waals surface area (Å²) >= 11 is 0. The number of aromatic nitrogens is 1. The molecule has 1 aromatic heterocycles. The number of nitrogens with one attached hydrogen (secondary N) is 1. The first kappa shape index (κ1) is 21.2. The van der Waals surface area contributed by atoms with Crippen LogP contribution in [0, 0.1) is 12.7 Å². The van der Waals surface area contributed by atoms with Gasteiger partial charge in [0.1, 0.15) is 0 Å². The molecule has 1 aromatic carbocycles. The molecule has 156 valence electrons. The van der Waals surface area contributed by atoms with E-state index in [2.05, 4.69) is 10.4 Å². The number of halogens is 1. The fourth-order valence-corrected chi connectivity index (χ4v) is 3.96. The van der Waals surface area contributed by atoms with Crippen LogP contribution in [-0.2, 0) is 21.4 Å². The molecule has 0 radical (unpaired) electrons. The summed E-state index contributed by atoms with van der Waals surface area (Å²) in [6.07, 6.45) is 3.28. The summed E-state index contributed by atoms with van der Waals surface area (Å²) in [5.74, 6) is -0.454. The van der Waals surface area contributed by atoms with E-state index in [1.54, 1.807) is 30.3 Å². The van der Waals surface area contributed by atoms with E-state index in [0.29, 0.717) is 50.4 Å². The highest BCUT2D eigenvalue weighted by atomic mass is 32.2. The molecule has 3 rings (SSSR count). The number of sulfonamides is 1. The van der Waals surface area contributed by atoms with Gasteiger partial charge in [0.15, 0.2) is 5.82 Å². The third-order valence-electron chi connectivity index (χ3n) is 4.79. The molecule has 1 aliphatic rings. The first-order chi connectivity index (χ1) is 13.8. The number of hydrogen-bond donors (Lipinski definition) is 1. The molecule has 0 spiro atoms. The number of carbonyl (C=O) groups is 1. The molecule has 1 N–H and O–H groups in total. The summed E-state index contributed by atoms with van der Waals surface area (Å²) < 4.78 is 39.7. The maximum atomic E-state index is 15.0. The lowest BCUT2D eigenvalue weighted by atomic mass is 10.1. The lowest BCUT2D eigenvalue weighted by molar-refractivity contribution is -0.107. The molecular formula is C19H24FN5O3S. The number of rotatable bonds is 7. The predicted octanol–water partition coefficient (Wildman–Crippen LogP) is 1.60. The molecule has 1 aliphatic heterocycles. The second-order valence-electron chi connectivity index (χ2n) is 6.96. The number of nitrogens with zero attached hydrogens (tertiary/aromatic N) is 4. The van der Waals surface area contributed by atoms with Gasteiger partial charge in [-0.3, -0.25) is 20.1 Å². The van der Waals surface area contributed by atoms with Crippen LogP contribution in [0.15, 0.2) is 36.5 Å². The quantitative estimate of drug-likeness (QED) is 0.540. The van der Waals surface area contributed by atoms with E-state index in [-0.39, 0.29) is 5.69 Å². The molecule has 0 atom stereocenters. The Hall–Kier alpha value is -2.56. The summed E-state index contributed by atoms with van der Waals surface area (Å²) in [6.45, 7) is 4.02. The zero-order valence-corrected chi connectivity index (χ0v) is 17.2. The second kappa shape index (κ2) is 8.85. The van der Waals surface area contributed by atoms with Crippen molar-refractivity contribution in [3.05, 3.63) is 53.6 Å². The molecule has 2 aromatic rings. The average Bonchev–Trinajstić information content (AvgIpc) is 2.69. The maximum Gasteiger partial charge on any atom is 0.232 e. The van der Waals surface area contributed by atoms with Crippen molar-refractivity contribution in [2.75, 3.05) is 42.9 Å². The topological polar surface area (TPSA) is 85.9 Å². The van der Waals surface area contributed by atoms with Crippen molar-refractivity contribution in [3.63, 3.8) is 0 Å². The Labute approximate surface area is 170 Å². The van der Waals surface area contributed by atoms with E-state index in [9.17, 15) is 13.2 Å². The maximum absolute atomic E-state index is 15.0. The van der Waals surface area contributed by atoms with Crippen LogP contribution >= 0.6 is 0 Å². The summed E-state index contributed by atoms with van der Waals surface area (Å²) in [5, 5.41) is 1.17.